The van der Waals surface area contributed by atoms with Crippen molar-refractivity contribution < 1.29 is 19.1 Å². The van der Waals surface area contributed by atoms with Crippen LogP contribution in [0.1, 0.15) is 49.7 Å². The molecule has 3 rings (SSSR count). The van der Waals surface area contributed by atoms with Gasteiger partial charge in [0, 0.05) is 26.1 Å². The Morgan fingerprint density at radius 3 is 2.38 bits per heavy atom. The molecule has 1 aromatic rings. The van der Waals surface area contributed by atoms with Gasteiger partial charge < -0.3 is 25.4 Å². The topological polar surface area (TPSA) is 93.9 Å². The van der Waals surface area contributed by atoms with Crippen LogP contribution in [0.5, 0.6) is 11.5 Å². The van der Waals surface area contributed by atoms with Gasteiger partial charge in [0.05, 0.1) is 19.8 Å². The highest BCUT2D eigenvalue weighted by Gasteiger charge is 2.36. The highest BCUT2D eigenvalue weighted by Crippen LogP contribution is 2.33. The van der Waals surface area contributed by atoms with Crippen LogP contribution in [0.2, 0.25) is 0 Å². The van der Waals surface area contributed by atoms with Gasteiger partial charge in [-0.1, -0.05) is 12.8 Å². The number of fused-ring (bicyclic) bond motifs is 1. The SMILES string of the molecule is COc1cc2c(cc1OC)CN(C(=O)CCCNC(=O)C1(N)CCCC1)CC2.Cl. The molecule has 1 fully saturated rings. The van der Waals surface area contributed by atoms with Gasteiger partial charge in [-0.15, -0.1) is 12.4 Å². The summed E-state index contributed by atoms with van der Waals surface area (Å²) >= 11 is 0. The molecule has 1 aromatic carbocycles. The third-order valence-corrected chi connectivity index (χ3v) is 5.87. The summed E-state index contributed by atoms with van der Waals surface area (Å²) in [5.74, 6) is 1.43. The van der Waals surface area contributed by atoms with Crippen molar-refractivity contribution in [3.8, 4) is 11.5 Å². The van der Waals surface area contributed by atoms with E-state index in [2.05, 4.69) is 5.32 Å². The van der Waals surface area contributed by atoms with E-state index in [1.54, 1.807) is 14.2 Å². The second-order valence-corrected chi connectivity index (χ2v) is 7.76. The first-order valence-corrected chi connectivity index (χ1v) is 10.1. The number of halogens is 1. The fourth-order valence-electron chi connectivity index (χ4n) is 4.10. The molecule has 162 valence electrons. The summed E-state index contributed by atoms with van der Waals surface area (Å²) in [5, 5.41) is 2.90. The minimum Gasteiger partial charge on any atom is -0.493 e. The number of hydrogen-bond donors (Lipinski definition) is 2. The van der Waals surface area contributed by atoms with E-state index in [0.29, 0.717) is 38.2 Å². The lowest BCUT2D eigenvalue weighted by Crippen LogP contribution is -2.52. The highest BCUT2D eigenvalue weighted by atomic mass is 35.5. The predicted octanol–water partition coefficient (Wildman–Crippen LogP) is 2.18. The Morgan fingerprint density at radius 1 is 1.14 bits per heavy atom. The van der Waals surface area contributed by atoms with Crippen LogP contribution >= 0.6 is 12.4 Å². The van der Waals surface area contributed by atoms with Gasteiger partial charge in [0.15, 0.2) is 11.5 Å². The fraction of sp³-hybridized carbons (Fsp3) is 0.619. The summed E-state index contributed by atoms with van der Waals surface area (Å²) in [6.45, 7) is 1.76. The van der Waals surface area contributed by atoms with Gasteiger partial charge in [-0.3, -0.25) is 9.59 Å². The maximum absolute atomic E-state index is 12.6. The van der Waals surface area contributed by atoms with E-state index in [9.17, 15) is 9.59 Å². The molecule has 8 heteroatoms. The second-order valence-electron chi connectivity index (χ2n) is 7.76. The van der Waals surface area contributed by atoms with Gasteiger partial charge in [-0.2, -0.15) is 0 Å². The lowest BCUT2D eigenvalue weighted by Gasteiger charge is -2.30. The van der Waals surface area contributed by atoms with Gasteiger partial charge in [0.25, 0.3) is 0 Å². The smallest absolute Gasteiger partial charge is 0.240 e. The Hall–Kier alpha value is -1.99. The number of ether oxygens (including phenoxy) is 2. The average molecular weight is 426 g/mol. The monoisotopic (exact) mass is 425 g/mol. The van der Waals surface area contributed by atoms with Crippen molar-refractivity contribution in [3.05, 3.63) is 23.3 Å². The molecular formula is C21H32ClN3O4. The number of methoxy groups -OCH3 is 2. The van der Waals surface area contributed by atoms with Crippen molar-refractivity contribution in [2.75, 3.05) is 27.3 Å². The number of nitrogens with two attached hydrogens (primary N) is 1. The van der Waals surface area contributed by atoms with Crippen molar-refractivity contribution in [3.63, 3.8) is 0 Å². The van der Waals surface area contributed by atoms with Crippen LogP contribution in [0.15, 0.2) is 12.1 Å². The number of nitrogens with zero attached hydrogens (tertiary/aromatic N) is 1. The van der Waals surface area contributed by atoms with E-state index in [0.717, 1.165) is 43.4 Å². The van der Waals surface area contributed by atoms with E-state index in [-0.39, 0.29) is 24.2 Å². The van der Waals surface area contributed by atoms with Crippen LogP contribution in [-0.2, 0) is 22.6 Å². The molecule has 7 nitrogen and oxygen atoms in total. The number of carbonyl (C=O) groups excluding carboxylic acids is 2. The van der Waals surface area contributed by atoms with Gasteiger partial charge in [0.1, 0.15) is 0 Å². The standard InChI is InChI=1S/C21H31N3O4.ClH/c1-27-17-12-15-7-11-24(14-16(15)13-18(17)28-2)19(25)6-5-10-23-20(26)21(22)8-3-4-9-21;/h12-13H,3-11,14,22H2,1-2H3,(H,23,26);1H. The van der Waals surface area contributed by atoms with E-state index in [4.69, 9.17) is 15.2 Å². The van der Waals surface area contributed by atoms with Crippen LogP contribution in [0.3, 0.4) is 0 Å². The number of nitrogens with one attached hydrogen (secondary N) is 1. The molecule has 0 bridgehead atoms. The summed E-state index contributed by atoms with van der Waals surface area (Å²) in [5.41, 5.74) is 7.72. The number of carbonyl (C=O) groups is 2. The Morgan fingerprint density at radius 2 is 1.76 bits per heavy atom. The molecule has 2 amide bonds. The largest absolute Gasteiger partial charge is 0.493 e. The van der Waals surface area contributed by atoms with Crippen LogP contribution in [-0.4, -0.2) is 49.6 Å². The summed E-state index contributed by atoms with van der Waals surface area (Å²) in [4.78, 5) is 26.7. The summed E-state index contributed by atoms with van der Waals surface area (Å²) in [6.07, 6.45) is 5.35. The molecule has 1 aliphatic heterocycles. The second kappa shape index (κ2) is 10.2. The lowest BCUT2D eigenvalue weighted by atomic mass is 9.98. The normalized spacial score (nSPS) is 17.1. The predicted molar refractivity (Wildman–Crippen MR) is 114 cm³/mol. The quantitative estimate of drug-likeness (QED) is 0.653. The number of hydrogen-bond acceptors (Lipinski definition) is 5. The molecule has 29 heavy (non-hydrogen) atoms. The molecular weight excluding hydrogens is 394 g/mol. The molecule has 1 heterocycles. The van der Waals surface area contributed by atoms with E-state index in [1.807, 2.05) is 17.0 Å². The molecule has 1 aliphatic carbocycles. The summed E-state index contributed by atoms with van der Waals surface area (Å²) in [6, 6.07) is 3.95. The zero-order valence-corrected chi connectivity index (χ0v) is 18.1. The van der Waals surface area contributed by atoms with Crippen molar-refractivity contribution in [1.82, 2.24) is 10.2 Å². The Bertz CT molecular complexity index is 735. The number of benzene rings is 1. The van der Waals surface area contributed by atoms with E-state index < -0.39 is 5.54 Å². The molecule has 0 radical (unpaired) electrons. The zero-order chi connectivity index (χ0) is 20.1. The van der Waals surface area contributed by atoms with Crippen LogP contribution < -0.4 is 20.5 Å². The highest BCUT2D eigenvalue weighted by molar-refractivity contribution is 5.86. The maximum atomic E-state index is 12.6. The van der Waals surface area contributed by atoms with Crippen molar-refractivity contribution >= 4 is 24.2 Å². The number of rotatable bonds is 7. The van der Waals surface area contributed by atoms with Crippen LogP contribution in [0.25, 0.3) is 0 Å². The molecule has 2 aliphatic rings. The maximum Gasteiger partial charge on any atom is 0.240 e. The zero-order valence-electron chi connectivity index (χ0n) is 17.3. The summed E-state index contributed by atoms with van der Waals surface area (Å²) in [7, 11) is 3.24. The first-order valence-electron chi connectivity index (χ1n) is 10.1. The summed E-state index contributed by atoms with van der Waals surface area (Å²) < 4.78 is 10.7. The average Bonchev–Trinajstić information content (AvgIpc) is 3.17. The van der Waals surface area contributed by atoms with Gasteiger partial charge in [-0.25, -0.2) is 0 Å². The van der Waals surface area contributed by atoms with Crippen molar-refractivity contribution in [2.24, 2.45) is 5.73 Å². The minimum atomic E-state index is -0.708. The molecule has 0 aromatic heterocycles. The van der Waals surface area contributed by atoms with E-state index in [1.165, 1.54) is 5.56 Å². The molecule has 3 N–H and O–H groups in total. The molecule has 0 saturated heterocycles. The third kappa shape index (κ3) is 5.34. The Labute approximate surface area is 178 Å². The van der Waals surface area contributed by atoms with Crippen LogP contribution in [0.4, 0.5) is 0 Å². The van der Waals surface area contributed by atoms with Gasteiger partial charge in [0.2, 0.25) is 11.8 Å². The Kier molecular flexibility index (Phi) is 8.16. The first-order chi connectivity index (χ1) is 13.5. The van der Waals surface area contributed by atoms with Crippen molar-refractivity contribution in [1.29, 1.82) is 0 Å². The third-order valence-electron chi connectivity index (χ3n) is 5.87. The molecule has 0 spiro atoms. The lowest BCUT2D eigenvalue weighted by molar-refractivity contribution is -0.132. The van der Waals surface area contributed by atoms with Gasteiger partial charge in [-0.05, 0) is 48.9 Å². The van der Waals surface area contributed by atoms with E-state index >= 15 is 0 Å². The molecule has 1 saturated carbocycles. The molecule has 0 unspecified atom stereocenters. The molecule has 0 atom stereocenters. The number of amides is 2. The first kappa shape index (κ1) is 23.3. The van der Waals surface area contributed by atoms with Gasteiger partial charge >= 0.3 is 0 Å². The fourth-order valence-corrected chi connectivity index (χ4v) is 4.10. The van der Waals surface area contributed by atoms with Crippen molar-refractivity contribution in [2.45, 2.75) is 57.0 Å². The Balaban J connectivity index is 0.00000300. The minimum absolute atomic E-state index is 0. The van der Waals surface area contributed by atoms with Crippen LogP contribution in [0, 0.1) is 0 Å².